The van der Waals surface area contributed by atoms with Gasteiger partial charge in [-0.05, 0) is 24.9 Å². The zero-order chi connectivity index (χ0) is 18.3. The second-order valence-corrected chi connectivity index (χ2v) is 8.22. The minimum Gasteiger partial charge on any atom is -0.477 e. The molecule has 0 unspecified atom stereocenters. The highest BCUT2D eigenvalue weighted by atomic mass is 32.2. The van der Waals surface area contributed by atoms with Gasteiger partial charge in [-0.1, -0.05) is 0 Å². The van der Waals surface area contributed by atoms with Gasteiger partial charge in [-0.2, -0.15) is 0 Å². The summed E-state index contributed by atoms with van der Waals surface area (Å²) in [6, 6.07) is -0.216. The van der Waals surface area contributed by atoms with Crippen LogP contribution in [-0.2, 0) is 23.2 Å². The van der Waals surface area contributed by atoms with Gasteiger partial charge >= 0.3 is 11.1 Å². The van der Waals surface area contributed by atoms with Gasteiger partial charge in [0.15, 0.2) is 0 Å². The van der Waals surface area contributed by atoms with E-state index in [9.17, 15) is 19.8 Å². The quantitative estimate of drug-likeness (QED) is 0.408. The zero-order valence-electron chi connectivity index (χ0n) is 14.4. The molecule has 9 heteroatoms. The topological polar surface area (TPSA) is 86.7 Å². The van der Waals surface area contributed by atoms with Crippen LogP contribution in [-0.4, -0.2) is 55.7 Å². The number of carboxylic acids is 1. The zero-order valence-corrected chi connectivity index (χ0v) is 16.0. The van der Waals surface area contributed by atoms with Crippen LogP contribution in [0.25, 0.3) is 0 Å². The molecule has 1 amide bonds. The van der Waals surface area contributed by atoms with E-state index >= 15 is 0 Å². The molecule has 7 nitrogen and oxygen atoms in total. The molecule has 25 heavy (non-hydrogen) atoms. The Morgan fingerprint density at radius 3 is 2.84 bits per heavy atom. The maximum absolute atomic E-state index is 12.2. The van der Waals surface area contributed by atoms with Gasteiger partial charge in [-0.3, -0.25) is 4.79 Å². The van der Waals surface area contributed by atoms with Crippen molar-refractivity contribution in [3.63, 3.8) is 0 Å². The molecule has 0 bridgehead atoms. The van der Waals surface area contributed by atoms with E-state index in [0.29, 0.717) is 6.42 Å². The number of aliphatic carboxylic acids is 1. The van der Waals surface area contributed by atoms with Crippen molar-refractivity contribution in [2.24, 2.45) is 13.0 Å². The largest absolute Gasteiger partial charge is 0.477 e. The van der Waals surface area contributed by atoms with E-state index in [0.717, 1.165) is 22.4 Å². The van der Waals surface area contributed by atoms with Crippen LogP contribution in [0.5, 0.6) is 0 Å². The fourth-order valence-corrected chi connectivity index (χ4v) is 5.45. The van der Waals surface area contributed by atoms with Gasteiger partial charge in [0.25, 0.3) is 0 Å². The van der Waals surface area contributed by atoms with E-state index in [4.69, 9.17) is 0 Å². The number of hydrogen-bond acceptors (Lipinski definition) is 5. The van der Waals surface area contributed by atoms with E-state index in [-0.39, 0.29) is 17.6 Å². The number of imidazole rings is 1. The molecule has 0 spiro atoms. The average molecular weight is 385 g/mol. The molecule has 2 N–H and O–H groups in total. The van der Waals surface area contributed by atoms with Gasteiger partial charge in [0.05, 0.1) is 25.1 Å². The number of β-lactam (4-membered cyclic amide) rings is 1. The van der Waals surface area contributed by atoms with Crippen molar-refractivity contribution in [1.29, 1.82) is 0 Å². The Morgan fingerprint density at radius 2 is 2.24 bits per heavy atom. The number of fused-ring (bicyclic) bond motifs is 1. The molecule has 1 aromatic rings. The van der Waals surface area contributed by atoms with Gasteiger partial charge in [0.1, 0.15) is 24.6 Å². The van der Waals surface area contributed by atoms with Crippen molar-refractivity contribution in [1.82, 2.24) is 9.47 Å². The lowest BCUT2D eigenvalue weighted by molar-refractivity contribution is -0.709. The van der Waals surface area contributed by atoms with Crippen LogP contribution >= 0.6 is 23.5 Å². The maximum atomic E-state index is 12.2. The molecule has 0 radical (unpaired) electrons. The normalized spacial score (nSPS) is 23.7. The molecule has 3 heterocycles. The van der Waals surface area contributed by atoms with E-state index < -0.39 is 18.0 Å². The first-order valence-corrected chi connectivity index (χ1v) is 10.3. The van der Waals surface area contributed by atoms with E-state index in [2.05, 4.69) is 4.57 Å². The van der Waals surface area contributed by atoms with Gasteiger partial charge in [0.2, 0.25) is 5.91 Å². The Balaban J connectivity index is 1.69. The first-order chi connectivity index (χ1) is 11.9. The highest BCUT2D eigenvalue weighted by Crippen LogP contribution is 2.46. The van der Waals surface area contributed by atoms with Crippen molar-refractivity contribution >= 4 is 35.4 Å². The molecule has 2 aliphatic heterocycles. The van der Waals surface area contributed by atoms with Crippen LogP contribution in [0.1, 0.15) is 13.3 Å². The van der Waals surface area contributed by atoms with Crippen molar-refractivity contribution in [3.05, 3.63) is 23.0 Å². The van der Waals surface area contributed by atoms with Crippen molar-refractivity contribution in [2.45, 2.75) is 37.2 Å². The molecule has 1 fully saturated rings. The molecule has 1 saturated heterocycles. The lowest BCUT2D eigenvalue weighted by Crippen LogP contribution is -2.61. The predicted molar refractivity (Wildman–Crippen MR) is 94.9 cm³/mol. The van der Waals surface area contributed by atoms with Gasteiger partial charge in [0, 0.05) is 17.1 Å². The number of thioether (sulfide) groups is 2. The minimum absolute atomic E-state index is 0.0973. The maximum Gasteiger partial charge on any atom is 0.353 e. The van der Waals surface area contributed by atoms with Crippen molar-refractivity contribution in [2.75, 3.05) is 12.0 Å². The molecule has 2 aliphatic rings. The van der Waals surface area contributed by atoms with Gasteiger partial charge < -0.3 is 15.1 Å². The van der Waals surface area contributed by atoms with Gasteiger partial charge in [-0.15, -0.1) is 11.8 Å². The molecule has 3 atom stereocenters. The smallest absolute Gasteiger partial charge is 0.353 e. The molecule has 0 saturated carbocycles. The summed E-state index contributed by atoms with van der Waals surface area (Å²) in [4.78, 5) is 25.9. The van der Waals surface area contributed by atoms with Crippen LogP contribution in [0.3, 0.4) is 0 Å². The Hall–Kier alpha value is -1.45. The number of carboxylic acid groups (broad SMARTS) is 1. The number of nitrogens with zero attached hydrogens (tertiary/aromatic N) is 3. The summed E-state index contributed by atoms with van der Waals surface area (Å²) in [5.74, 6) is -1.11. The molecule has 136 valence electrons. The molecular formula is C16H22N3O4S2+. The molecule has 1 aromatic heterocycles. The fraction of sp³-hybridized carbons (Fsp3) is 0.562. The minimum atomic E-state index is -1.07. The predicted octanol–water partition coefficient (Wildman–Crippen LogP) is 0.675. The summed E-state index contributed by atoms with van der Waals surface area (Å²) in [5, 5.41) is 20.4. The van der Waals surface area contributed by atoms with Crippen LogP contribution in [0.4, 0.5) is 0 Å². The van der Waals surface area contributed by atoms with Crippen molar-refractivity contribution in [3.8, 4) is 0 Å². The first-order valence-electron chi connectivity index (χ1n) is 8.06. The highest BCUT2D eigenvalue weighted by molar-refractivity contribution is 8.03. The highest BCUT2D eigenvalue weighted by Gasteiger charge is 2.56. The van der Waals surface area contributed by atoms with E-state index in [1.165, 1.54) is 16.7 Å². The molecule has 3 rings (SSSR count). The van der Waals surface area contributed by atoms with Crippen molar-refractivity contribution < 1.29 is 24.4 Å². The van der Waals surface area contributed by atoms with Crippen LogP contribution < -0.4 is 4.57 Å². The lowest BCUT2D eigenvalue weighted by atomic mass is 9.83. The Kier molecular flexibility index (Phi) is 5.17. The third kappa shape index (κ3) is 3.09. The van der Waals surface area contributed by atoms with Gasteiger partial charge in [-0.25, -0.2) is 13.9 Å². The number of aromatic nitrogens is 2. The summed E-state index contributed by atoms with van der Waals surface area (Å²) < 4.78 is 4.18. The van der Waals surface area contributed by atoms with E-state index in [1.54, 1.807) is 18.7 Å². The standard InChI is InChI=1S/C16H21N3O4S2/c1-9(20)12-10-8-11(13(15(22)23)19(10)14(12)21)25-7-6-18-5-4-17(2)16(18)24-3/h4-5,9-10,12,20H,6-8H2,1-3H3/p+1/t9-,10-,12-/m1/s1. The number of carbonyl (C=O) groups is 2. The molecular weight excluding hydrogens is 362 g/mol. The summed E-state index contributed by atoms with van der Waals surface area (Å²) in [7, 11) is 1.99. The Labute approximate surface area is 154 Å². The second-order valence-electron chi connectivity index (χ2n) is 6.26. The number of carbonyl (C=O) groups excluding carboxylic acids is 1. The number of aliphatic hydroxyl groups excluding tert-OH is 1. The van der Waals surface area contributed by atoms with Crippen LogP contribution in [0, 0.1) is 5.92 Å². The Bertz CT molecular complexity index is 744. The third-order valence-corrected chi connectivity index (χ3v) is 6.68. The summed E-state index contributed by atoms with van der Waals surface area (Å²) in [5.41, 5.74) is 0.0973. The second kappa shape index (κ2) is 7.05. The average Bonchev–Trinajstić information content (AvgIpc) is 3.05. The number of aryl methyl sites for hydroxylation is 2. The summed E-state index contributed by atoms with van der Waals surface area (Å²) in [6.45, 7) is 2.35. The third-order valence-electron chi connectivity index (χ3n) is 4.70. The number of aliphatic hydroxyl groups is 1. The fourth-order valence-electron chi connectivity index (χ4n) is 3.57. The van der Waals surface area contributed by atoms with Crippen LogP contribution in [0.2, 0.25) is 0 Å². The Morgan fingerprint density at radius 1 is 1.52 bits per heavy atom. The number of hydrogen-bond donors (Lipinski definition) is 2. The van der Waals surface area contributed by atoms with E-state index in [1.807, 2.05) is 30.3 Å². The summed E-state index contributed by atoms with van der Waals surface area (Å²) >= 11 is 3.15. The summed E-state index contributed by atoms with van der Waals surface area (Å²) in [6.07, 6.45) is 5.78. The lowest BCUT2D eigenvalue weighted by Gasteiger charge is -2.44. The monoisotopic (exact) mass is 384 g/mol. The number of rotatable bonds is 7. The molecule has 0 aliphatic carbocycles. The number of amides is 1. The first kappa shape index (κ1) is 18.3. The molecule has 0 aromatic carbocycles. The van der Waals surface area contributed by atoms with Crippen LogP contribution in [0.15, 0.2) is 28.2 Å². The SMILES string of the molecule is CSc1n(CCSC2=C(C(=O)O)N3C(=O)[C@H]([C@@H](C)O)[C@H]3C2)cc[n+]1C.